The van der Waals surface area contributed by atoms with E-state index in [-0.39, 0.29) is 5.56 Å². The molecule has 0 unspecified atom stereocenters. The van der Waals surface area contributed by atoms with Crippen LogP contribution in [0.4, 0.5) is 4.79 Å². The van der Waals surface area contributed by atoms with Gasteiger partial charge in [0.25, 0.3) is 0 Å². The molecule has 110 valence electrons. The molecule has 0 atom stereocenters. The van der Waals surface area contributed by atoms with E-state index < -0.39 is 12.1 Å². The quantitative estimate of drug-likeness (QED) is 0.680. The van der Waals surface area contributed by atoms with Crippen molar-refractivity contribution in [2.75, 3.05) is 7.11 Å². The zero-order valence-electron chi connectivity index (χ0n) is 11.8. The Hall–Kier alpha value is -3.08. The summed E-state index contributed by atoms with van der Waals surface area (Å²) in [5.74, 6) is -0.519. The minimum Gasteiger partial charge on any atom is -0.529 e. The molecule has 2 aromatic carbocycles. The van der Waals surface area contributed by atoms with Gasteiger partial charge < -0.3 is 19.2 Å². The van der Waals surface area contributed by atoms with E-state index in [9.17, 15) is 14.7 Å². The molecule has 0 saturated heterocycles. The maximum absolute atomic E-state index is 11.6. The summed E-state index contributed by atoms with van der Waals surface area (Å²) in [6.07, 6.45) is 0.144. The highest BCUT2D eigenvalue weighted by Gasteiger charge is 2.14. The number of carbonyl (C=O) groups excluding carboxylic acids is 2. The summed E-state index contributed by atoms with van der Waals surface area (Å²) in [5, 5.41) is 12.1. The van der Waals surface area contributed by atoms with E-state index in [4.69, 9.17) is 0 Å². The number of hydrogen-bond acceptors (Lipinski definition) is 4. The van der Waals surface area contributed by atoms with E-state index in [1.54, 1.807) is 12.1 Å². The lowest BCUT2D eigenvalue weighted by atomic mass is 10.0. The fourth-order valence-electron chi connectivity index (χ4n) is 2.47. The largest absolute Gasteiger partial charge is 0.529 e. The smallest absolute Gasteiger partial charge is 0.337 e. The van der Waals surface area contributed by atoms with Gasteiger partial charge >= 0.3 is 5.97 Å². The maximum Gasteiger partial charge on any atom is 0.337 e. The summed E-state index contributed by atoms with van der Waals surface area (Å²) in [6, 6.07) is 14.2. The van der Waals surface area contributed by atoms with Gasteiger partial charge in [0.2, 0.25) is 0 Å². The Bertz CT molecular complexity index is 865. The maximum atomic E-state index is 11.6. The number of rotatable bonds is 2. The zero-order valence-corrected chi connectivity index (χ0v) is 11.8. The number of methoxy groups -OCH3 is 1. The van der Waals surface area contributed by atoms with Crippen LogP contribution in [-0.2, 0) is 4.74 Å². The average Bonchev–Trinajstić information content (AvgIpc) is 2.94. The second kappa shape index (κ2) is 5.37. The Morgan fingerprint density at radius 2 is 1.82 bits per heavy atom. The lowest BCUT2D eigenvalue weighted by molar-refractivity contribution is -0.249. The van der Waals surface area contributed by atoms with Crippen molar-refractivity contribution in [3.05, 3.63) is 60.3 Å². The molecule has 0 spiro atoms. The molecule has 5 nitrogen and oxygen atoms in total. The number of benzene rings is 2. The van der Waals surface area contributed by atoms with Gasteiger partial charge in [-0.05, 0) is 17.7 Å². The molecule has 0 radical (unpaired) electrons. The van der Waals surface area contributed by atoms with E-state index >= 15 is 0 Å². The molecule has 1 aromatic heterocycles. The third-order valence-electron chi connectivity index (χ3n) is 3.51. The first kappa shape index (κ1) is 13.9. The SMILES string of the molecule is COC(=O)c1ccc2c(-c3ccccc3)cn(C(=O)[O-])c2c1. The summed E-state index contributed by atoms with van der Waals surface area (Å²) >= 11 is 0. The minimum atomic E-state index is -1.35. The van der Waals surface area contributed by atoms with Crippen LogP contribution in [0, 0.1) is 0 Å². The van der Waals surface area contributed by atoms with Crippen molar-refractivity contribution in [3.63, 3.8) is 0 Å². The molecule has 0 amide bonds. The van der Waals surface area contributed by atoms with Crippen LogP contribution in [0.15, 0.2) is 54.7 Å². The molecule has 5 heteroatoms. The van der Waals surface area contributed by atoms with Crippen LogP contribution in [0.3, 0.4) is 0 Å². The number of carbonyl (C=O) groups is 2. The fourth-order valence-corrected chi connectivity index (χ4v) is 2.47. The number of ether oxygens (including phenoxy) is 1. The standard InChI is InChI=1S/C17H13NO4/c1-22-16(19)12-7-8-13-14(11-5-3-2-4-6-11)10-18(17(20)21)15(13)9-12/h2-10H,1H3,(H,20,21)/p-1. The molecule has 0 fully saturated rings. The van der Waals surface area contributed by atoms with Crippen molar-refractivity contribution in [1.29, 1.82) is 0 Å². The van der Waals surface area contributed by atoms with Crippen molar-refractivity contribution in [2.45, 2.75) is 0 Å². The molecular weight excluding hydrogens is 282 g/mol. The van der Waals surface area contributed by atoms with Crippen molar-refractivity contribution in [2.24, 2.45) is 0 Å². The molecule has 0 aliphatic carbocycles. The molecule has 22 heavy (non-hydrogen) atoms. The number of hydrogen-bond donors (Lipinski definition) is 0. The second-order valence-electron chi connectivity index (χ2n) is 4.77. The van der Waals surface area contributed by atoms with Crippen molar-refractivity contribution < 1.29 is 19.4 Å². The molecule has 0 aliphatic rings. The lowest BCUT2D eigenvalue weighted by Crippen LogP contribution is -2.27. The Morgan fingerprint density at radius 3 is 2.45 bits per heavy atom. The van der Waals surface area contributed by atoms with Crippen LogP contribution in [0.2, 0.25) is 0 Å². The highest BCUT2D eigenvalue weighted by Crippen LogP contribution is 2.31. The van der Waals surface area contributed by atoms with E-state index in [1.165, 1.54) is 19.4 Å². The Labute approximate surface area is 126 Å². The van der Waals surface area contributed by atoms with Crippen LogP contribution < -0.4 is 5.11 Å². The van der Waals surface area contributed by atoms with E-state index in [0.717, 1.165) is 21.1 Å². The molecule has 3 aromatic rings. The Kier molecular flexibility index (Phi) is 3.39. The van der Waals surface area contributed by atoms with Crippen LogP contribution >= 0.6 is 0 Å². The number of esters is 1. The normalized spacial score (nSPS) is 10.6. The van der Waals surface area contributed by atoms with Gasteiger partial charge in [0, 0.05) is 17.1 Å². The minimum absolute atomic E-state index is 0.287. The fraction of sp³-hybridized carbons (Fsp3) is 0.0588. The third-order valence-corrected chi connectivity index (χ3v) is 3.51. The summed E-state index contributed by atoms with van der Waals surface area (Å²) in [4.78, 5) is 23.0. The number of nitrogens with zero attached hydrogens (tertiary/aromatic N) is 1. The van der Waals surface area contributed by atoms with E-state index in [2.05, 4.69) is 4.74 Å². The zero-order chi connectivity index (χ0) is 15.7. The van der Waals surface area contributed by atoms with Crippen molar-refractivity contribution in [3.8, 4) is 11.1 Å². The van der Waals surface area contributed by atoms with Crippen molar-refractivity contribution >= 4 is 23.0 Å². The van der Waals surface area contributed by atoms with Crippen molar-refractivity contribution in [1.82, 2.24) is 4.57 Å². The van der Waals surface area contributed by atoms with Gasteiger partial charge in [-0.25, -0.2) is 4.79 Å². The van der Waals surface area contributed by atoms with Crippen LogP contribution in [0.25, 0.3) is 22.0 Å². The highest BCUT2D eigenvalue weighted by atomic mass is 16.5. The number of aromatic nitrogens is 1. The molecule has 0 bridgehead atoms. The van der Waals surface area contributed by atoms with Gasteiger partial charge in [-0.15, -0.1) is 0 Å². The Balaban J connectivity index is 2.28. The highest BCUT2D eigenvalue weighted by molar-refractivity contribution is 6.03. The Morgan fingerprint density at radius 1 is 1.09 bits per heavy atom. The lowest BCUT2D eigenvalue weighted by Gasteiger charge is -2.06. The topological polar surface area (TPSA) is 71.4 Å². The monoisotopic (exact) mass is 294 g/mol. The first-order valence-electron chi connectivity index (χ1n) is 6.62. The van der Waals surface area contributed by atoms with Gasteiger partial charge in [0.1, 0.15) is 6.09 Å². The number of carboxylic acid groups (broad SMARTS) is 1. The van der Waals surface area contributed by atoms with Gasteiger partial charge in [0.05, 0.1) is 18.2 Å². The molecule has 0 N–H and O–H groups in total. The second-order valence-corrected chi connectivity index (χ2v) is 4.77. The van der Waals surface area contributed by atoms with Gasteiger partial charge in [-0.3, -0.25) is 0 Å². The van der Waals surface area contributed by atoms with Gasteiger partial charge in [0.15, 0.2) is 0 Å². The average molecular weight is 294 g/mol. The molecule has 0 aliphatic heterocycles. The predicted octanol–water partition coefficient (Wildman–Crippen LogP) is 2.29. The van der Waals surface area contributed by atoms with Crippen LogP contribution in [-0.4, -0.2) is 23.7 Å². The first-order chi connectivity index (χ1) is 10.6. The van der Waals surface area contributed by atoms with E-state index in [0.29, 0.717) is 5.52 Å². The summed E-state index contributed by atoms with van der Waals surface area (Å²) in [6.45, 7) is 0. The summed E-state index contributed by atoms with van der Waals surface area (Å²) in [5.41, 5.74) is 2.33. The summed E-state index contributed by atoms with van der Waals surface area (Å²) in [7, 11) is 1.28. The molecule has 3 rings (SSSR count). The molecular formula is C17H12NO4-. The van der Waals surface area contributed by atoms with E-state index in [1.807, 2.05) is 30.3 Å². The summed E-state index contributed by atoms with van der Waals surface area (Å²) < 4.78 is 5.67. The molecule has 0 saturated carbocycles. The molecule has 1 heterocycles. The van der Waals surface area contributed by atoms with Crippen LogP contribution in [0.5, 0.6) is 0 Å². The van der Waals surface area contributed by atoms with Crippen LogP contribution in [0.1, 0.15) is 10.4 Å². The predicted molar refractivity (Wildman–Crippen MR) is 79.5 cm³/mol. The first-order valence-corrected chi connectivity index (χ1v) is 6.62. The van der Waals surface area contributed by atoms with Gasteiger partial charge in [-0.2, -0.15) is 0 Å². The third kappa shape index (κ3) is 2.22. The van der Waals surface area contributed by atoms with Gasteiger partial charge in [-0.1, -0.05) is 36.4 Å². The number of fused-ring (bicyclic) bond motifs is 1.